The quantitative estimate of drug-likeness (QED) is 0.318. The molecular formula is C21H19N3S. The summed E-state index contributed by atoms with van der Waals surface area (Å²) >= 11 is 1.48. The van der Waals surface area contributed by atoms with E-state index in [2.05, 4.69) is 16.9 Å². The fourth-order valence-corrected chi connectivity index (χ4v) is 2.93. The first-order valence-corrected chi connectivity index (χ1v) is 8.79. The third kappa shape index (κ3) is 4.52. The summed E-state index contributed by atoms with van der Waals surface area (Å²) in [6, 6.07) is 25.4. The van der Waals surface area contributed by atoms with Crippen molar-refractivity contribution in [3.8, 4) is 0 Å². The number of benzene rings is 3. The minimum atomic E-state index is 0.423. The van der Waals surface area contributed by atoms with Gasteiger partial charge in [-0.3, -0.25) is 5.41 Å². The SMILES string of the molecule is N=C(c1ccccc1)c1cc(NS/C=C/c2ccccc2)ccc1N. The standard InChI is InChI=1S/C21H19N3S/c22-20-12-11-18(24-25-14-13-16-7-3-1-4-8-16)15-19(20)21(23)17-9-5-2-6-10-17/h1-15,23-24H,22H2/b14-13+,23-21?. The van der Waals surface area contributed by atoms with Crippen LogP contribution in [0.4, 0.5) is 11.4 Å². The second-order valence-corrected chi connectivity index (χ2v) is 6.19. The highest BCUT2D eigenvalue weighted by Crippen LogP contribution is 2.23. The minimum Gasteiger partial charge on any atom is -0.398 e. The van der Waals surface area contributed by atoms with Gasteiger partial charge in [0.2, 0.25) is 0 Å². The van der Waals surface area contributed by atoms with Crippen LogP contribution in [0, 0.1) is 5.41 Å². The summed E-state index contributed by atoms with van der Waals surface area (Å²) in [5, 5.41) is 10.4. The van der Waals surface area contributed by atoms with Crippen molar-refractivity contribution in [2.45, 2.75) is 0 Å². The van der Waals surface area contributed by atoms with Gasteiger partial charge in [0, 0.05) is 22.5 Å². The van der Waals surface area contributed by atoms with Crippen molar-refractivity contribution >= 4 is 35.1 Å². The lowest BCUT2D eigenvalue weighted by atomic mass is 10.0. The molecular weight excluding hydrogens is 326 g/mol. The third-order valence-electron chi connectivity index (χ3n) is 3.69. The van der Waals surface area contributed by atoms with Gasteiger partial charge < -0.3 is 10.5 Å². The molecule has 0 aliphatic rings. The normalized spacial score (nSPS) is 10.7. The van der Waals surface area contributed by atoms with Gasteiger partial charge in [-0.25, -0.2) is 0 Å². The monoisotopic (exact) mass is 345 g/mol. The average Bonchev–Trinajstić information content (AvgIpc) is 2.67. The molecule has 4 heteroatoms. The topological polar surface area (TPSA) is 61.9 Å². The molecule has 124 valence electrons. The van der Waals surface area contributed by atoms with Crippen molar-refractivity contribution < 1.29 is 0 Å². The van der Waals surface area contributed by atoms with E-state index in [0.29, 0.717) is 11.4 Å². The largest absolute Gasteiger partial charge is 0.398 e. The predicted molar refractivity (Wildman–Crippen MR) is 110 cm³/mol. The van der Waals surface area contributed by atoms with Crippen LogP contribution >= 0.6 is 11.9 Å². The van der Waals surface area contributed by atoms with Crippen molar-refractivity contribution in [2.75, 3.05) is 10.5 Å². The molecule has 0 unspecified atom stereocenters. The molecule has 0 heterocycles. The molecule has 3 aromatic rings. The first-order chi connectivity index (χ1) is 12.2. The fourth-order valence-electron chi connectivity index (χ4n) is 2.38. The number of nitrogen functional groups attached to an aromatic ring is 1. The molecule has 0 radical (unpaired) electrons. The summed E-state index contributed by atoms with van der Waals surface area (Å²) in [6.07, 6.45) is 2.04. The molecule has 0 fully saturated rings. The van der Waals surface area contributed by atoms with Crippen LogP contribution < -0.4 is 10.5 Å². The Hall–Kier alpha value is -2.98. The van der Waals surface area contributed by atoms with Crippen molar-refractivity contribution in [2.24, 2.45) is 0 Å². The second-order valence-electron chi connectivity index (χ2n) is 5.48. The Balaban J connectivity index is 1.69. The molecule has 0 saturated carbocycles. The minimum absolute atomic E-state index is 0.423. The molecule has 25 heavy (non-hydrogen) atoms. The van der Waals surface area contributed by atoms with Crippen molar-refractivity contribution in [1.29, 1.82) is 5.41 Å². The second kappa shape index (κ2) is 8.22. The lowest BCUT2D eigenvalue weighted by Crippen LogP contribution is -2.05. The number of nitrogens with one attached hydrogen (secondary N) is 2. The van der Waals surface area contributed by atoms with Crippen LogP contribution in [0.5, 0.6) is 0 Å². The summed E-state index contributed by atoms with van der Waals surface area (Å²) in [5.74, 6) is 0. The summed E-state index contributed by atoms with van der Waals surface area (Å²) in [4.78, 5) is 0. The van der Waals surface area contributed by atoms with Gasteiger partial charge in [0.05, 0.1) is 5.71 Å². The molecule has 3 rings (SSSR count). The number of anilines is 2. The van der Waals surface area contributed by atoms with E-state index in [1.807, 2.05) is 78.2 Å². The summed E-state index contributed by atoms with van der Waals surface area (Å²) < 4.78 is 3.27. The Bertz CT molecular complexity index is 874. The molecule has 0 saturated heterocycles. The number of rotatable bonds is 6. The van der Waals surface area contributed by atoms with Gasteiger partial charge in [0.15, 0.2) is 0 Å². The zero-order valence-corrected chi connectivity index (χ0v) is 14.5. The molecule has 0 atom stereocenters. The molecule has 4 N–H and O–H groups in total. The van der Waals surface area contributed by atoms with Crippen LogP contribution in [0.2, 0.25) is 0 Å². The van der Waals surface area contributed by atoms with Crippen molar-refractivity contribution in [1.82, 2.24) is 0 Å². The number of hydrogen-bond acceptors (Lipinski definition) is 4. The van der Waals surface area contributed by atoms with E-state index in [1.165, 1.54) is 11.9 Å². The van der Waals surface area contributed by atoms with Gasteiger partial charge in [-0.15, -0.1) is 0 Å². The molecule has 0 aromatic heterocycles. The van der Waals surface area contributed by atoms with Gasteiger partial charge >= 0.3 is 0 Å². The van der Waals surface area contributed by atoms with Gasteiger partial charge in [0.25, 0.3) is 0 Å². The molecule has 0 spiro atoms. The van der Waals surface area contributed by atoms with Crippen molar-refractivity contribution in [3.05, 3.63) is 101 Å². The Morgan fingerprint density at radius 2 is 1.60 bits per heavy atom. The molecule has 3 aromatic carbocycles. The van der Waals surface area contributed by atoms with E-state index in [-0.39, 0.29) is 0 Å². The van der Waals surface area contributed by atoms with Crippen LogP contribution in [-0.2, 0) is 0 Å². The lowest BCUT2D eigenvalue weighted by Gasteiger charge is -2.10. The van der Waals surface area contributed by atoms with Gasteiger partial charge in [-0.1, -0.05) is 60.7 Å². The van der Waals surface area contributed by atoms with Crippen molar-refractivity contribution in [3.63, 3.8) is 0 Å². The molecule has 0 aliphatic carbocycles. The van der Waals surface area contributed by atoms with Crippen LogP contribution in [0.1, 0.15) is 16.7 Å². The van der Waals surface area contributed by atoms with Crippen LogP contribution in [0.15, 0.2) is 84.3 Å². The maximum absolute atomic E-state index is 8.41. The molecule has 3 nitrogen and oxygen atoms in total. The first kappa shape index (κ1) is 16.9. The average molecular weight is 345 g/mol. The van der Waals surface area contributed by atoms with E-state index >= 15 is 0 Å². The van der Waals surface area contributed by atoms with Crippen LogP contribution in [0.3, 0.4) is 0 Å². The Kier molecular flexibility index (Phi) is 5.54. The summed E-state index contributed by atoms with van der Waals surface area (Å²) in [7, 11) is 0. The smallest absolute Gasteiger partial charge is 0.0705 e. The highest BCUT2D eigenvalue weighted by molar-refractivity contribution is 8.03. The van der Waals surface area contributed by atoms with Gasteiger partial charge in [-0.05, 0) is 47.2 Å². The summed E-state index contributed by atoms with van der Waals surface area (Å²) in [5.41, 5.74) is 10.7. The number of hydrogen-bond donors (Lipinski definition) is 3. The third-order valence-corrected chi connectivity index (χ3v) is 4.32. The zero-order chi connectivity index (χ0) is 17.5. The Morgan fingerprint density at radius 3 is 2.32 bits per heavy atom. The Morgan fingerprint density at radius 1 is 0.920 bits per heavy atom. The first-order valence-electron chi connectivity index (χ1n) is 7.91. The van der Waals surface area contributed by atoms with Gasteiger partial charge in [0.1, 0.15) is 0 Å². The highest BCUT2D eigenvalue weighted by atomic mass is 32.2. The predicted octanol–water partition coefficient (Wildman–Crippen LogP) is 5.42. The van der Waals surface area contributed by atoms with E-state index < -0.39 is 0 Å². The molecule has 0 bridgehead atoms. The van der Waals surface area contributed by atoms with E-state index in [1.54, 1.807) is 0 Å². The van der Waals surface area contributed by atoms with E-state index in [4.69, 9.17) is 11.1 Å². The van der Waals surface area contributed by atoms with Crippen LogP contribution in [0.25, 0.3) is 6.08 Å². The maximum atomic E-state index is 8.41. The summed E-state index contributed by atoms with van der Waals surface area (Å²) in [6.45, 7) is 0. The fraction of sp³-hybridized carbons (Fsp3) is 0. The molecule has 0 aliphatic heterocycles. The van der Waals surface area contributed by atoms with E-state index in [9.17, 15) is 0 Å². The highest BCUT2D eigenvalue weighted by Gasteiger charge is 2.09. The Labute approximate surface area is 152 Å². The van der Waals surface area contributed by atoms with E-state index in [0.717, 1.165) is 22.4 Å². The van der Waals surface area contributed by atoms with Crippen LogP contribution in [-0.4, -0.2) is 5.71 Å². The maximum Gasteiger partial charge on any atom is 0.0705 e. The number of nitrogens with two attached hydrogens (primary N) is 1. The molecule has 0 amide bonds. The van der Waals surface area contributed by atoms with Gasteiger partial charge in [-0.2, -0.15) is 0 Å². The zero-order valence-electron chi connectivity index (χ0n) is 13.6. The lowest BCUT2D eigenvalue weighted by molar-refractivity contribution is 1.46.